The van der Waals surface area contributed by atoms with Crippen molar-refractivity contribution in [1.82, 2.24) is 15.2 Å². The Morgan fingerprint density at radius 1 is 1.14 bits per heavy atom. The minimum absolute atomic E-state index is 0.307. The van der Waals surface area contributed by atoms with Crippen molar-refractivity contribution in [2.75, 3.05) is 0 Å². The number of hydrogen-bond acceptors (Lipinski definition) is 5. The Bertz CT molecular complexity index is 963. The fraction of sp³-hybridized carbons (Fsp3) is 0.318. The number of rotatable bonds is 6. The van der Waals surface area contributed by atoms with E-state index in [4.69, 9.17) is 10.5 Å². The number of carbonyl (C=O) groups excluding carboxylic acids is 1. The van der Waals surface area contributed by atoms with Gasteiger partial charge in [-0.05, 0) is 75.6 Å². The molecule has 3 rings (SSSR count). The van der Waals surface area contributed by atoms with Crippen LogP contribution in [0.4, 0.5) is 4.39 Å². The van der Waals surface area contributed by atoms with Crippen molar-refractivity contribution in [2.24, 2.45) is 5.73 Å². The fourth-order valence-corrected chi connectivity index (χ4v) is 3.00. The summed E-state index contributed by atoms with van der Waals surface area (Å²) in [6, 6.07) is 9.21. The van der Waals surface area contributed by atoms with E-state index in [2.05, 4.69) is 15.2 Å². The maximum Gasteiger partial charge on any atom is 0.323 e. The van der Waals surface area contributed by atoms with Gasteiger partial charge in [0.2, 0.25) is 0 Å². The molecule has 0 aliphatic rings. The molecule has 0 aliphatic heterocycles. The van der Waals surface area contributed by atoms with E-state index < -0.39 is 17.6 Å². The molecule has 152 valence electrons. The summed E-state index contributed by atoms with van der Waals surface area (Å²) in [5.74, 6) is -0.737. The zero-order chi connectivity index (χ0) is 21.0. The Kier molecular flexibility index (Phi) is 6.08. The molecule has 7 heteroatoms. The van der Waals surface area contributed by atoms with Crippen LogP contribution in [0.5, 0.6) is 0 Å². The van der Waals surface area contributed by atoms with E-state index in [1.807, 2.05) is 32.9 Å². The lowest BCUT2D eigenvalue weighted by Gasteiger charge is -2.22. The molecule has 0 spiro atoms. The van der Waals surface area contributed by atoms with E-state index in [1.54, 1.807) is 24.5 Å². The number of nitrogens with zero attached hydrogens (tertiary/aromatic N) is 2. The Labute approximate surface area is 169 Å². The number of hydrogen-bond donors (Lipinski definition) is 2. The highest BCUT2D eigenvalue weighted by Crippen LogP contribution is 2.33. The topological polar surface area (TPSA) is 93.9 Å². The molecule has 1 aromatic carbocycles. The molecule has 2 heterocycles. The number of nitrogens with two attached hydrogens (primary N) is 1. The average molecular weight is 396 g/mol. The Morgan fingerprint density at radius 2 is 1.79 bits per heavy atom. The van der Waals surface area contributed by atoms with E-state index in [9.17, 15) is 9.18 Å². The summed E-state index contributed by atoms with van der Waals surface area (Å²) in [4.78, 5) is 16.2. The van der Waals surface area contributed by atoms with Crippen molar-refractivity contribution in [1.29, 1.82) is 0 Å². The molecule has 3 N–H and O–H groups in total. The number of ether oxygens (including phenoxy) is 1. The van der Waals surface area contributed by atoms with Crippen LogP contribution in [0.1, 0.15) is 32.9 Å². The third-order valence-electron chi connectivity index (χ3n) is 4.34. The molecule has 6 nitrogen and oxygen atoms in total. The molecule has 3 aromatic rings. The lowest BCUT2D eigenvalue weighted by molar-refractivity contribution is -0.156. The third-order valence-corrected chi connectivity index (χ3v) is 4.34. The molecular formula is C22H25FN4O2. The van der Waals surface area contributed by atoms with Crippen LogP contribution in [0.25, 0.3) is 22.4 Å². The third kappa shape index (κ3) is 5.26. The molecule has 0 aliphatic carbocycles. The van der Waals surface area contributed by atoms with Crippen LogP contribution in [-0.4, -0.2) is 32.8 Å². The molecule has 0 fully saturated rings. The summed E-state index contributed by atoms with van der Waals surface area (Å²) >= 11 is 0. The van der Waals surface area contributed by atoms with Gasteiger partial charge in [-0.3, -0.25) is 14.9 Å². The van der Waals surface area contributed by atoms with Gasteiger partial charge in [0, 0.05) is 29.2 Å². The number of benzene rings is 1. The number of carbonyl (C=O) groups is 1. The number of aromatic nitrogens is 3. The highest BCUT2D eigenvalue weighted by Gasteiger charge is 2.23. The Hall–Kier alpha value is -3.06. The number of aromatic amines is 1. The molecule has 0 bridgehead atoms. The number of esters is 1. The largest absolute Gasteiger partial charge is 0.459 e. The predicted octanol–water partition coefficient (Wildman–Crippen LogP) is 3.88. The smallest absolute Gasteiger partial charge is 0.323 e. The van der Waals surface area contributed by atoms with Crippen molar-refractivity contribution in [3.05, 3.63) is 60.3 Å². The first-order valence-electron chi connectivity index (χ1n) is 9.46. The van der Waals surface area contributed by atoms with Gasteiger partial charge in [0.1, 0.15) is 23.2 Å². The summed E-state index contributed by atoms with van der Waals surface area (Å²) in [7, 11) is 0. The quantitative estimate of drug-likeness (QED) is 0.617. The maximum absolute atomic E-state index is 13.3. The van der Waals surface area contributed by atoms with Gasteiger partial charge in [-0.25, -0.2) is 4.39 Å². The molecule has 0 unspecified atom stereocenters. The lowest BCUT2D eigenvalue weighted by Crippen LogP contribution is -2.37. The van der Waals surface area contributed by atoms with Crippen LogP contribution in [0.3, 0.4) is 0 Å². The van der Waals surface area contributed by atoms with Gasteiger partial charge in [-0.2, -0.15) is 5.10 Å². The van der Waals surface area contributed by atoms with Crippen molar-refractivity contribution >= 4 is 5.97 Å². The van der Waals surface area contributed by atoms with Gasteiger partial charge in [-0.1, -0.05) is 0 Å². The van der Waals surface area contributed by atoms with Crippen molar-refractivity contribution in [3.8, 4) is 22.4 Å². The molecule has 0 saturated heterocycles. The molecule has 2 aromatic heterocycles. The van der Waals surface area contributed by atoms with Crippen LogP contribution in [0, 0.1) is 5.82 Å². The molecule has 0 amide bonds. The van der Waals surface area contributed by atoms with Crippen LogP contribution in [-0.2, 0) is 16.0 Å². The normalized spacial score (nSPS) is 12.6. The van der Waals surface area contributed by atoms with Gasteiger partial charge < -0.3 is 10.5 Å². The molecule has 0 saturated carbocycles. The first kappa shape index (κ1) is 20.7. The summed E-state index contributed by atoms with van der Waals surface area (Å²) < 4.78 is 18.7. The molecule has 1 atom stereocenters. The minimum atomic E-state index is -0.739. The van der Waals surface area contributed by atoms with E-state index in [0.717, 1.165) is 22.4 Å². The SMILES string of the molecule is CC(C)(C)OC(=O)[C@H](N)CCc1[nH]nc(-c2ccc(F)cc2)c1-c1ccncc1. The summed E-state index contributed by atoms with van der Waals surface area (Å²) in [5, 5.41) is 7.51. The summed E-state index contributed by atoms with van der Waals surface area (Å²) in [6.07, 6.45) is 4.31. The van der Waals surface area contributed by atoms with Crippen LogP contribution < -0.4 is 5.73 Å². The van der Waals surface area contributed by atoms with Crippen LogP contribution in [0.2, 0.25) is 0 Å². The predicted molar refractivity (Wildman–Crippen MR) is 109 cm³/mol. The summed E-state index contributed by atoms with van der Waals surface area (Å²) in [6.45, 7) is 5.43. The van der Waals surface area contributed by atoms with Crippen molar-refractivity contribution in [2.45, 2.75) is 45.3 Å². The highest BCUT2D eigenvalue weighted by atomic mass is 19.1. The second kappa shape index (κ2) is 8.53. The highest BCUT2D eigenvalue weighted by molar-refractivity contribution is 5.82. The van der Waals surface area contributed by atoms with Crippen molar-refractivity contribution < 1.29 is 13.9 Å². The number of halogens is 1. The first-order valence-corrected chi connectivity index (χ1v) is 9.46. The standard InChI is InChI=1S/C22H25FN4O2/c1-22(2,3)29-21(28)17(24)8-9-18-19(14-10-12-25-13-11-14)20(27-26-18)15-4-6-16(23)7-5-15/h4-7,10-13,17H,8-9,24H2,1-3H3,(H,26,27)/t17-/m1/s1. The minimum Gasteiger partial charge on any atom is -0.459 e. The summed E-state index contributed by atoms with van der Waals surface area (Å²) in [5.41, 5.74) is 9.60. The van der Waals surface area contributed by atoms with Crippen molar-refractivity contribution in [3.63, 3.8) is 0 Å². The van der Waals surface area contributed by atoms with Crippen LogP contribution >= 0.6 is 0 Å². The Balaban J connectivity index is 1.87. The number of pyridine rings is 1. The first-order chi connectivity index (χ1) is 13.7. The fourth-order valence-electron chi connectivity index (χ4n) is 3.00. The number of nitrogens with one attached hydrogen (secondary N) is 1. The van der Waals surface area contributed by atoms with Gasteiger partial charge in [0.25, 0.3) is 0 Å². The Morgan fingerprint density at radius 3 is 2.41 bits per heavy atom. The lowest BCUT2D eigenvalue weighted by atomic mass is 9.97. The number of H-pyrrole nitrogens is 1. The van der Waals surface area contributed by atoms with E-state index in [-0.39, 0.29) is 5.82 Å². The van der Waals surface area contributed by atoms with Crippen LogP contribution in [0.15, 0.2) is 48.8 Å². The van der Waals surface area contributed by atoms with Gasteiger partial charge in [0.15, 0.2) is 0 Å². The second-order valence-electron chi connectivity index (χ2n) is 7.85. The monoisotopic (exact) mass is 396 g/mol. The average Bonchev–Trinajstić information content (AvgIpc) is 3.10. The zero-order valence-corrected chi connectivity index (χ0v) is 16.8. The van der Waals surface area contributed by atoms with E-state index >= 15 is 0 Å². The maximum atomic E-state index is 13.3. The molecule has 29 heavy (non-hydrogen) atoms. The number of aryl methyl sites for hydroxylation is 1. The van der Waals surface area contributed by atoms with E-state index in [0.29, 0.717) is 18.5 Å². The van der Waals surface area contributed by atoms with Gasteiger partial charge in [-0.15, -0.1) is 0 Å². The second-order valence-corrected chi connectivity index (χ2v) is 7.85. The zero-order valence-electron chi connectivity index (χ0n) is 16.8. The van der Waals surface area contributed by atoms with E-state index in [1.165, 1.54) is 12.1 Å². The van der Waals surface area contributed by atoms with Gasteiger partial charge in [0.05, 0.1) is 0 Å². The molecule has 0 radical (unpaired) electrons. The molecular weight excluding hydrogens is 371 g/mol. The van der Waals surface area contributed by atoms with Gasteiger partial charge >= 0.3 is 5.97 Å².